The van der Waals surface area contributed by atoms with Crippen LogP contribution < -0.4 is 20.5 Å². The second-order valence-corrected chi connectivity index (χ2v) is 4.37. The summed E-state index contributed by atoms with van der Waals surface area (Å²) >= 11 is 0. The molecule has 0 unspecified atom stereocenters. The summed E-state index contributed by atoms with van der Waals surface area (Å²) < 4.78 is 10.9. The number of anilines is 3. The van der Waals surface area contributed by atoms with Crippen molar-refractivity contribution in [2.45, 2.75) is 20.3 Å². The Morgan fingerprint density at radius 3 is 2.52 bits per heavy atom. The van der Waals surface area contributed by atoms with Crippen molar-refractivity contribution in [3.63, 3.8) is 0 Å². The van der Waals surface area contributed by atoms with Crippen LogP contribution in [0.2, 0.25) is 0 Å². The standard InChI is InChI=1S/C15H20N4O2/c1-3-9-21-12-7-5-11(6-8-12)19-14-13(16)15(20-4-2)18-10-17-14/h5-8,10H,3-4,9,16H2,1-2H3,(H,17,18,19). The first-order valence-corrected chi connectivity index (χ1v) is 6.97. The predicted molar refractivity (Wildman–Crippen MR) is 83.1 cm³/mol. The van der Waals surface area contributed by atoms with Gasteiger partial charge in [0.25, 0.3) is 0 Å². The van der Waals surface area contributed by atoms with Crippen LogP contribution in [0, 0.1) is 0 Å². The van der Waals surface area contributed by atoms with Crippen LogP contribution in [-0.2, 0) is 0 Å². The lowest BCUT2D eigenvalue weighted by molar-refractivity contribution is 0.317. The highest BCUT2D eigenvalue weighted by molar-refractivity contribution is 5.72. The Morgan fingerprint density at radius 2 is 1.86 bits per heavy atom. The molecule has 0 spiro atoms. The third kappa shape index (κ3) is 3.98. The summed E-state index contributed by atoms with van der Waals surface area (Å²) in [6.07, 6.45) is 2.40. The molecule has 112 valence electrons. The predicted octanol–water partition coefficient (Wildman–Crippen LogP) is 2.99. The number of nitrogens with zero attached hydrogens (tertiary/aromatic N) is 2. The highest BCUT2D eigenvalue weighted by Gasteiger charge is 2.09. The zero-order chi connectivity index (χ0) is 15.1. The molecule has 21 heavy (non-hydrogen) atoms. The molecule has 0 aliphatic carbocycles. The van der Waals surface area contributed by atoms with Gasteiger partial charge in [-0.05, 0) is 37.6 Å². The van der Waals surface area contributed by atoms with Gasteiger partial charge in [0.1, 0.15) is 17.8 Å². The second kappa shape index (κ2) is 7.33. The summed E-state index contributed by atoms with van der Waals surface area (Å²) in [5.74, 6) is 1.75. The molecule has 0 saturated heterocycles. The first-order chi connectivity index (χ1) is 10.2. The molecule has 0 amide bonds. The van der Waals surface area contributed by atoms with E-state index in [0.717, 1.165) is 17.9 Å². The first-order valence-electron chi connectivity index (χ1n) is 6.97. The number of hydrogen-bond acceptors (Lipinski definition) is 6. The van der Waals surface area contributed by atoms with Crippen molar-refractivity contribution in [1.29, 1.82) is 0 Å². The normalized spacial score (nSPS) is 10.2. The molecule has 1 aromatic carbocycles. The van der Waals surface area contributed by atoms with Crippen LogP contribution in [0.15, 0.2) is 30.6 Å². The smallest absolute Gasteiger partial charge is 0.242 e. The van der Waals surface area contributed by atoms with E-state index < -0.39 is 0 Å². The van der Waals surface area contributed by atoms with Crippen molar-refractivity contribution in [3.8, 4) is 11.6 Å². The molecule has 6 nitrogen and oxygen atoms in total. The molecule has 0 radical (unpaired) electrons. The van der Waals surface area contributed by atoms with Gasteiger partial charge < -0.3 is 20.5 Å². The average molecular weight is 288 g/mol. The zero-order valence-electron chi connectivity index (χ0n) is 12.3. The molecule has 0 bridgehead atoms. The molecule has 1 heterocycles. The molecule has 2 aromatic rings. The van der Waals surface area contributed by atoms with E-state index in [1.165, 1.54) is 6.33 Å². The Bertz CT molecular complexity index is 572. The lowest BCUT2D eigenvalue weighted by atomic mass is 10.3. The average Bonchev–Trinajstić information content (AvgIpc) is 2.51. The fourth-order valence-electron chi connectivity index (χ4n) is 1.72. The minimum absolute atomic E-state index is 0.387. The molecular weight excluding hydrogens is 268 g/mol. The topological polar surface area (TPSA) is 82.3 Å². The molecule has 0 atom stereocenters. The molecule has 1 aromatic heterocycles. The van der Waals surface area contributed by atoms with Crippen molar-refractivity contribution >= 4 is 17.2 Å². The minimum Gasteiger partial charge on any atom is -0.494 e. The van der Waals surface area contributed by atoms with Crippen LogP contribution in [0.3, 0.4) is 0 Å². The van der Waals surface area contributed by atoms with Crippen LogP contribution in [0.25, 0.3) is 0 Å². The number of nitrogens with one attached hydrogen (secondary N) is 1. The van der Waals surface area contributed by atoms with Crippen LogP contribution in [0.4, 0.5) is 17.2 Å². The van der Waals surface area contributed by atoms with Crippen LogP contribution in [0.1, 0.15) is 20.3 Å². The summed E-state index contributed by atoms with van der Waals surface area (Å²) in [7, 11) is 0. The SMILES string of the molecule is CCCOc1ccc(Nc2ncnc(OCC)c2N)cc1. The Morgan fingerprint density at radius 1 is 1.10 bits per heavy atom. The highest BCUT2D eigenvalue weighted by atomic mass is 16.5. The van der Waals surface area contributed by atoms with Gasteiger partial charge in [-0.2, -0.15) is 4.98 Å². The Labute approximate surface area is 124 Å². The quantitative estimate of drug-likeness (QED) is 0.815. The molecule has 0 aliphatic rings. The van der Waals surface area contributed by atoms with Gasteiger partial charge in [-0.3, -0.25) is 0 Å². The Hall–Kier alpha value is -2.50. The fraction of sp³-hybridized carbons (Fsp3) is 0.333. The maximum atomic E-state index is 5.98. The Balaban J connectivity index is 2.09. The first kappa shape index (κ1) is 14.9. The van der Waals surface area contributed by atoms with E-state index >= 15 is 0 Å². The zero-order valence-corrected chi connectivity index (χ0v) is 12.3. The van der Waals surface area contributed by atoms with Gasteiger partial charge in [-0.25, -0.2) is 4.98 Å². The fourth-order valence-corrected chi connectivity index (χ4v) is 1.72. The van der Waals surface area contributed by atoms with E-state index in [9.17, 15) is 0 Å². The molecule has 3 N–H and O–H groups in total. The summed E-state index contributed by atoms with van der Waals surface area (Å²) in [6.45, 7) is 5.17. The second-order valence-electron chi connectivity index (χ2n) is 4.37. The summed E-state index contributed by atoms with van der Waals surface area (Å²) in [4.78, 5) is 8.13. The van der Waals surface area contributed by atoms with Crippen molar-refractivity contribution < 1.29 is 9.47 Å². The van der Waals surface area contributed by atoms with Crippen molar-refractivity contribution in [2.75, 3.05) is 24.3 Å². The molecule has 6 heteroatoms. The van der Waals surface area contributed by atoms with Gasteiger partial charge in [0, 0.05) is 5.69 Å². The number of hydrogen-bond donors (Lipinski definition) is 2. The van der Waals surface area contributed by atoms with Gasteiger partial charge >= 0.3 is 0 Å². The van der Waals surface area contributed by atoms with Gasteiger partial charge in [0.2, 0.25) is 5.88 Å². The number of aromatic nitrogens is 2. The molecular formula is C15H20N4O2. The third-order valence-corrected chi connectivity index (χ3v) is 2.72. The van der Waals surface area contributed by atoms with E-state index in [2.05, 4.69) is 22.2 Å². The van der Waals surface area contributed by atoms with Crippen LogP contribution in [-0.4, -0.2) is 23.2 Å². The molecule has 0 fully saturated rings. The van der Waals surface area contributed by atoms with E-state index in [1.54, 1.807) is 0 Å². The third-order valence-electron chi connectivity index (χ3n) is 2.72. The molecule has 0 saturated carbocycles. The summed E-state index contributed by atoms with van der Waals surface area (Å²) in [5, 5.41) is 3.14. The number of ether oxygens (including phenoxy) is 2. The number of benzene rings is 1. The van der Waals surface area contributed by atoms with Crippen molar-refractivity contribution in [3.05, 3.63) is 30.6 Å². The van der Waals surface area contributed by atoms with E-state index in [1.807, 2.05) is 31.2 Å². The number of nitrogen functional groups attached to an aromatic ring is 1. The van der Waals surface area contributed by atoms with E-state index in [0.29, 0.717) is 30.6 Å². The largest absolute Gasteiger partial charge is 0.494 e. The van der Waals surface area contributed by atoms with Gasteiger partial charge in [0.15, 0.2) is 5.82 Å². The maximum absolute atomic E-state index is 5.98. The van der Waals surface area contributed by atoms with Gasteiger partial charge in [-0.15, -0.1) is 0 Å². The number of nitrogens with two attached hydrogens (primary N) is 1. The summed E-state index contributed by atoms with van der Waals surface area (Å²) in [5.41, 5.74) is 7.24. The maximum Gasteiger partial charge on any atom is 0.242 e. The van der Waals surface area contributed by atoms with Crippen LogP contribution in [0.5, 0.6) is 11.6 Å². The minimum atomic E-state index is 0.387. The highest BCUT2D eigenvalue weighted by Crippen LogP contribution is 2.28. The molecule has 2 rings (SSSR count). The van der Waals surface area contributed by atoms with Crippen molar-refractivity contribution in [1.82, 2.24) is 9.97 Å². The lowest BCUT2D eigenvalue weighted by Crippen LogP contribution is -2.05. The van der Waals surface area contributed by atoms with Gasteiger partial charge in [0.05, 0.1) is 13.2 Å². The molecule has 0 aliphatic heterocycles. The van der Waals surface area contributed by atoms with E-state index in [4.69, 9.17) is 15.2 Å². The van der Waals surface area contributed by atoms with Crippen LogP contribution >= 0.6 is 0 Å². The van der Waals surface area contributed by atoms with E-state index in [-0.39, 0.29) is 0 Å². The van der Waals surface area contributed by atoms with Gasteiger partial charge in [-0.1, -0.05) is 6.92 Å². The number of rotatable bonds is 7. The summed E-state index contributed by atoms with van der Waals surface area (Å²) in [6, 6.07) is 7.62. The Kier molecular flexibility index (Phi) is 5.20. The monoisotopic (exact) mass is 288 g/mol. The lowest BCUT2D eigenvalue weighted by Gasteiger charge is -2.11. The van der Waals surface area contributed by atoms with Crippen molar-refractivity contribution in [2.24, 2.45) is 0 Å².